The van der Waals surface area contributed by atoms with Crippen molar-refractivity contribution < 1.29 is 14.7 Å². The van der Waals surface area contributed by atoms with Crippen LogP contribution in [0.15, 0.2) is 30.0 Å². The molecule has 1 aliphatic rings. The van der Waals surface area contributed by atoms with Crippen LogP contribution in [0.25, 0.3) is 0 Å². The minimum Gasteiger partial charge on any atom is -0.505 e. The summed E-state index contributed by atoms with van der Waals surface area (Å²) >= 11 is 0. The van der Waals surface area contributed by atoms with Crippen LogP contribution < -0.4 is 10.6 Å². The van der Waals surface area contributed by atoms with Crippen LogP contribution in [0.4, 0.5) is 0 Å². The topological polar surface area (TPSA) is 91.3 Å². The second-order valence-corrected chi connectivity index (χ2v) is 6.99. The Morgan fingerprint density at radius 3 is 2.58 bits per heavy atom. The zero-order valence-corrected chi connectivity index (χ0v) is 14.6. The summed E-state index contributed by atoms with van der Waals surface area (Å²) in [6.07, 6.45) is 3.59. The van der Waals surface area contributed by atoms with Gasteiger partial charge < -0.3 is 15.7 Å². The van der Waals surface area contributed by atoms with Crippen molar-refractivity contribution in [3.63, 3.8) is 0 Å². The van der Waals surface area contributed by atoms with E-state index < -0.39 is 5.91 Å². The molecule has 6 heteroatoms. The quantitative estimate of drug-likeness (QED) is 0.548. The van der Waals surface area contributed by atoms with Crippen molar-refractivity contribution in [3.8, 4) is 5.75 Å². The lowest BCUT2D eigenvalue weighted by atomic mass is 10.1. The van der Waals surface area contributed by atoms with Crippen molar-refractivity contribution in [1.29, 1.82) is 0 Å². The second-order valence-electron chi connectivity index (χ2n) is 6.99. The van der Waals surface area contributed by atoms with Crippen molar-refractivity contribution in [1.82, 2.24) is 15.6 Å². The summed E-state index contributed by atoms with van der Waals surface area (Å²) in [5.74, 6) is -0.372. The van der Waals surface area contributed by atoms with Crippen molar-refractivity contribution in [2.75, 3.05) is 13.1 Å². The number of carbonyl (C=O) groups is 2. The number of hydrogen-bond donors (Lipinski definition) is 3. The van der Waals surface area contributed by atoms with Gasteiger partial charge in [0.15, 0.2) is 5.69 Å². The maximum atomic E-state index is 12.3. The molecule has 0 unspecified atom stereocenters. The van der Waals surface area contributed by atoms with E-state index in [0.29, 0.717) is 6.54 Å². The average Bonchev–Trinajstić information content (AvgIpc) is 3.03. The third-order valence-corrected chi connectivity index (χ3v) is 4.42. The number of carbonyl (C=O) groups excluding carboxylic acids is 2. The van der Waals surface area contributed by atoms with Crippen LogP contribution in [-0.2, 0) is 4.79 Å². The van der Waals surface area contributed by atoms with E-state index in [1.807, 2.05) is 13.8 Å². The number of pyridine rings is 1. The van der Waals surface area contributed by atoms with Gasteiger partial charge in [-0.1, -0.05) is 25.5 Å². The number of amides is 2. The minimum absolute atomic E-state index is 0.0115. The van der Waals surface area contributed by atoms with Gasteiger partial charge in [0.05, 0.1) is 5.92 Å². The summed E-state index contributed by atoms with van der Waals surface area (Å²) < 4.78 is 0. The van der Waals surface area contributed by atoms with Crippen LogP contribution in [0.1, 0.15) is 38.2 Å². The van der Waals surface area contributed by atoms with Crippen LogP contribution in [-0.4, -0.2) is 35.0 Å². The van der Waals surface area contributed by atoms with E-state index in [1.165, 1.54) is 17.8 Å². The molecule has 3 N–H and O–H groups in total. The fraction of sp³-hybridized carbons (Fsp3) is 0.500. The summed E-state index contributed by atoms with van der Waals surface area (Å²) in [7, 11) is 0. The van der Waals surface area contributed by atoms with E-state index in [9.17, 15) is 14.7 Å². The van der Waals surface area contributed by atoms with Crippen LogP contribution in [0.5, 0.6) is 5.75 Å². The van der Waals surface area contributed by atoms with Gasteiger partial charge in [0, 0.05) is 19.3 Å². The molecule has 1 heterocycles. The molecule has 130 valence electrons. The highest BCUT2D eigenvalue weighted by molar-refractivity contribution is 5.94. The first-order chi connectivity index (χ1) is 11.2. The summed E-state index contributed by atoms with van der Waals surface area (Å²) in [6, 6.07) is 2.95. The standard InChI is InChI=1S/C18H25N3O3/c1-11(2)10-12-14(18(12,3)4)16(23)20-8-9-21-17(24)15-13(22)6-5-7-19-15/h5-7,10,12,14,22H,8-9H2,1-4H3,(H,20,23)(H,21,24)/t12-,14-/m0/s1. The van der Waals surface area contributed by atoms with Crippen LogP contribution in [0, 0.1) is 17.3 Å². The zero-order valence-electron chi connectivity index (χ0n) is 14.6. The maximum Gasteiger partial charge on any atom is 0.273 e. The van der Waals surface area contributed by atoms with Crippen molar-refractivity contribution >= 4 is 11.8 Å². The second kappa shape index (κ2) is 7.03. The molecule has 0 aromatic carbocycles. The van der Waals surface area contributed by atoms with E-state index >= 15 is 0 Å². The highest BCUT2D eigenvalue weighted by Crippen LogP contribution is 2.59. The van der Waals surface area contributed by atoms with Gasteiger partial charge >= 0.3 is 0 Å². The molecule has 0 bridgehead atoms. The molecule has 2 amide bonds. The highest BCUT2D eigenvalue weighted by Gasteiger charge is 2.60. The van der Waals surface area contributed by atoms with Crippen molar-refractivity contribution in [2.24, 2.45) is 17.3 Å². The number of nitrogens with zero attached hydrogens (tertiary/aromatic N) is 1. The molecular weight excluding hydrogens is 306 g/mol. The third-order valence-electron chi connectivity index (χ3n) is 4.42. The first-order valence-corrected chi connectivity index (χ1v) is 8.10. The summed E-state index contributed by atoms with van der Waals surface area (Å²) in [5, 5.41) is 15.1. The fourth-order valence-electron chi connectivity index (χ4n) is 2.98. The highest BCUT2D eigenvalue weighted by atomic mass is 16.3. The molecule has 0 spiro atoms. The van der Waals surface area contributed by atoms with Crippen molar-refractivity contribution in [3.05, 3.63) is 35.7 Å². The molecule has 2 atom stereocenters. The van der Waals surface area contributed by atoms with Gasteiger partial charge in [-0.25, -0.2) is 4.98 Å². The molecule has 0 saturated heterocycles. The first kappa shape index (κ1) is 18.0. The maximum absolute atomic E-state index is 12.3. The van der Waals surface area contributed by atoms with Gasteiger partial charge in [0.25, 0.3) is 5.91 Å². The average molecular weight is 331 g/mol. The van der Waals surface area contributed by atoms with Gasteiger partial charge in [-0.05, 0) is 37.3 Å². The molecule has 0 radical (unpaired) electrons. The summed E-state index contributed by atoms with van der Waals surface area (Å²) in [4.78, 5) is 28.0. The fourth-order valence-corrected chi connectivity index (χ4v) is 2.98. The lowest BCUT2D eigenvalue weighted by Crippen LogP contribution is -2.36. The number of allylic oxidation sites excluding steroid dienone is 2. The minimum atomic E-state index is -0.462. The lowest BCUT2D eigenvalue weighted by molar-refractivity contribution is -0.123. The molecule has 0 aliphatic heterocycles. The normalized spacial score (nSPS) is 20.8. The predicted octanol–water partition coefficient (Wildman–Crippen LogP) is 1.87. The van der Waals surface area contributed by atoms with Gasteiger partial charge in [-0.2, -0.15) is 0 Å². The lowest BCUT2D eigenvalue weighted by Gasteiger charge is -2.08. The van der Waals surface area contributed by atoms with Crippen LogP contribution in [0.3, 0.4) is 0 Å². The molecule has 1 aromatic rings. The van der Waals surface area contributed by atoms with E-state index in [2.05, 4.69) is 35.5 Å². The Kier molecular flexibility index (Phi) is 5.26. The summed E-state index contributed by atoms with van der Waals surface area (Å²) in [6.45, 7) is 8.87. The van der Waals surface area contributed by atoms with Crippen LogP contribution in [0.2, 0.25) is 0 Å². The van der Waals surface area contributed by atoms with Gasteiger partial charge in [-0.3, -0.25) is 9.59 Å². The monoisotopic (exact) mass is 331 g/mol. The molecular formula is C18H25N3O3. The number of hydrogen-bond acceptors (Lipinski definition) is 4. The molecule has 1 aliphatic carbocycles. The first-order valence-electron chi connectivity index (χ1n) is 8.10. The van der Waals surface area contributed by atoms with E-state index in [0.717, 1.165) is 0 Å². The molecule has 1 aromatic heterocycles. The number of aromatic nitrogens is 1. The van der Waals surface area contributed by atoms with E-state index in [4.69, 9.17) is 0 Å². The number of nitrogens with one attached hydrogen (secondary N) is 2. The Hall–Kier alpha value is -2.37. The van der Waals surface area contributed by atoms with Gasteiger partial charge in [-0.15, -0.1) is 0 Å². The number of aromatic hydroxyl groups is 1. The molecule has 1 fully saturated rings. The molecule has 1 saturated carbocycles. The van der Waals surface area contributed by atoms with Crippen molar-refractivity contribution in [2.45, 2.75) is 27.7 Å². The smallest absolute Gasteiger partial charge is 0.273 e. The molecule has 24 heavy (non-hydrogen) atoms. The number of rotatable bonds is 6. The van der Waals surface area contributed by atoms with E-state index in [1.54, 1.807) is 6.07 Å². The summed E-state index contributed by atoms with van der Waals surface area (Å²) in [5.41, 5.74) is 1.17. The Balaban J connectivity index is 1.77. The largest absolute Gasteiger partial charge is 0.505 e. The molecule has 6 nitrogen and oxygen atoms in total. The van der Waals surface area contributed by atoms with Crippen LogP contribution >= 0.6 is 0 Å². The van der Waals surface area contributed by atoms with Gasteiger partial charge in [0.2, 0.25) is 5.91 Å². The predicted molar refractivity (Wildman–Crippen MR) is 91.4 cm³/mol. The third kappa shape index (κ3) is 3.93. The Labute approximate surface area is 142 Å². The van der Waals surface area contributed by atoms with Gasteiger partial charge in [0.1, 0.15) is 5.75 Å². The Bertz CT molecular complexity index is 663. The Morgan fingerprint density at radius 1 is 1.29 bits per heavy atom. The SMILES string of the molecule is CC(C)=C[C@H]1[C@@H](C(=O)NCCNC(=O)c2ncccc2O)C1(C)C. The molecule has 2 rings (SSSR count). The van der Waals surface area contributed by atoms with E-state index in [-0.39, 0.29) is 41.1 Å². The Morgan fingerprint density at radius 2 is 1.96 bits per heavy atom. The zero-order chi connectivity index (χ0) is 17.9.